The number of anilines is 1. The summed E-state index contributed by atoms with van der Waals surface area (Å²) in [5.41, 5.74) is 1.18. The zero-order chi connectivity index (χ0) is 20.5. The van der Waals surface area contributed by atoms with Gasteiger partial charge in [-0.25, -0.2) is 9.69 Å². The highest BCUT2D eigenvalue weighted by molar-refractivity contribution is 6.30. The van der Waals surface area contributed by atoms with E-state index in [2.05, 4.69) is 18.3 Å². The van der Waals surface area contributed by atoms with Gasteiger partial charge in [-0.15, -0.1) is 13.2 Å². The van der Waals surface area contributed by atoms with Crippen molar-refractivity contribution >= 4 is 23.5 Å². The number of aromatic nitrogens is 1. The minimum Gasteiger partial charge on any atom is -0.371 e. The Morgan fingerprint density at radius 3 is 2.57 bits per heavy atom. The molecule has 2 amide bonds. The Morgan fingerprint density at radius 1 is 1.29 bits per heavy atom. The van der Waals surface area contributed by atoms with Crippen molar-refractivity contribution in [3.8, 4) is 0 Å². The van der Waals surface area contributed by atoms with Crippen LogP contribution >= 0.6 is 11.6 Å². The maximum atomic E-state index is 12.9. The molecule has 0 spiro atoms. The summed E-state index contributed by atoms with van der Waals surface area (Å²) in [5.74, 6) is 0.204. The van der Waals surface area contributed by atoms with Crippen LogP contribution in [0.5, 0.6) is 0 Å². The summed E-state index contributed by atoms with van der Waals surface area (Å²) >= 11 is 5.98. The smallest absolute Gasteiger partial charge is 0.329 e. The predicted octanol–water partition coefficient (Wildman–Crippen LogP) is 4.35. The number of aliphatic hydroxyl groups excluding tert-OH is 1. The zero-order valence-electron chi connectivity index (χ0n) is 16.0. The molecule has 2 aromatic rings. The van der Waals surface area contributed by atoms with Crippen LogP contribution in [0.3, 0.4) is 0 Å². The van der Waals surface area contributed by atoms with Crippen LogP contribution in [0.4, 0.5) is 10.7 Å². The topological polar surface area (TPSA) is 69.8 Å². The van der Waals surface area contributed by atoms with Gasteiger partial charge >= 0.3 is 6.03 Å². The van der Waals surface area contributed by atoms with Crippen LogP contribution in [-0.4, -0.2) is 40.0 Å². The van der Waals surface area contributed by atoms with Crippen LogP contribution in [0.15, 0.2) is 60.2 Å². The number of benzene rings is 1. The minimum absolute atomic E-state index is 0.204. The number of halogens is 1. The van der Waals surface area contributed by atoms with Gasteiger partial charge in [0.2, 0.25) is 5.88 Å². The van der Waals surface area contributed by atoms with E-state index in [1.807, 2.05) is 38.1 Å². The fourth-order valence-corrected chi connectivity index (χ4v) is 3.54. The summed E-state index contributed by atoms with van der Waals surface area (Å²) in [7, 11) is 0. The lowest BCUT2D eigenvalue weighted by Crippen LogP contribution is -2.36. The van der Waals surface area contributed by atoms with E-state index in [4.69, 9.17) is 16.1 Å². The highest BCUT2D eigenvalue weighted by Gasteiger charge is 2.46. The van der Waals surface area contributed by atoms with Crippen molar-refractivity contribution in [3.05, 3.63) is 71.9 Å². The maximum Gasteiger partial charge on any atom is 0.329 e. The molecule has 1 aliphatic rings. The molecular weight excluding hydrogens is 378 g/mol. The number of rotatable bonds is 7. The Bertz CT molecular complexity index is 875. The number of amides is 2. The Kier molecular flexibility index (Phi) is 5.63. The average molecular weight is 402 g/mol. The van der Waals surface area contributed by atoms with Gasteiger partial charge in [-0.3, -0.25) is 0 Å². The first-order chi connectivity index (χ1) is 13.3. The van der Waals surface area contributed by atoms with Gasteiger partial charge in [0.15, 0.2) is 6.23 Å². The van der Waals surface area contributed by atoms with E-state index in [-0.39, 0.29) is 11.9 Å². The van der Waals surface area contributed by atoms with Crippen molar-refractivity contribution in [2.24, 2.45) is 0 Å². The summed E-state index contributed by atoms with van der Waals surface area (Å²) < 4.78 is 5.46. The van der Waals surface area contributed by atoms with Crippen LogP contribution in [0.2, 0.25) is 5.02 Å². The van der Waals surface area contributed by atoms with Crippen molar-refractivity contribution in [2.45, 2.75) is 38.0 Å². The van der Waals surface area contributed by atoms with Crippen LogP contribution in [0.1, 0.15) is 31.5 Å². The van der Waals surface area contributed by atoms with Gasteiger partial charge in [-0.1, -0.05) is 54.9 Å². The standard InChI is InChI=1S/C21H24ClN3O3/c1-5-7-16-19(26)25(20(27)24(16)12-6-2)18-13-17(23-28-18)21(3,4)14-8-10-15(22)11-9-14/h5-6,8-11,13,16,19,26H,1-2,7,12H2,3-4H3. The highest BCUT2D eigenvalue weighted by atomic mass is 35.5. The fraction of sp³-hybridized carbons (Fsp3) is 0.333. The van der Waals surface area contributed by atoms with Gasteiger partial charge in [0.1, 0.15) is 0 Å². The van der Waals surface area contributed by atoms with Crippen LogP contribution in [0, 0.1) is 0 Å². The van der Waals surface area contributed by atoms with Crippen molar-refractivity contribution in [1.29, 1.82) is 0 Å². The molecule has 0 bridgehead atoms. The van der Waals surface area contributed by atoms with E-state index in [0.29, 0.717) is 23.7 Å². The summed E-state index contributed by atoms with van der Waals surface area (Å²) in [4.78, 5) is 15.6. The second-order valence-electron chi connectivity index (χ2n) is 7.28. The third-order valence-electron chi connectivity index (χ3n) is 5.14. The number of hydrogen-bond donors (Lipinski definition) is 1. The van der Waals surface area contributed by atoms with E-state index in [9.17, 15) is 9.90 Å². The molecule has 28 heavy (non-hydrogen) atoms. The third kappa shape index (κ3) is 3.45. The molecule has 1 aromatic carbocycles. The summed E-state index contributed by atoms with van der Waals surface area (Å²) in [6, 6.07) is 8.41. The molecule has 0 aliphatic carbocycles. The normalized spacial score (nSPS) is 19.9. The Hall–Kier alpha value is -2.57. The molecular formula is C21H24ClN3O3. The predicted molar refractivity (Wildman–Crippen MR) is 109 cm³/mol. The van der Waals surface area contributed by atoms with E-state index in [0.717, 1.165) is 5.56 Å². The molecule has 0 radical (unpaired) electrons. The van der Waals surface area contributed by atoms with Crippen molar-refractivity contribution in [3.63, 3.8) is 0 Å². The van der Waals surface area contributed by atoms with Gasteiger partial charge in [-0.2, -0.15) is 0 Å². The maximum absolute atomic E-state index is 12.9. The lowest BCUT2D eigenvalue weighted by Gasteiger charge is -2.22. The SMILES string of the molecule is C=CCC1C(O)N(c2cc(C(C)(C)c3ccc(Cl)cc3)no2)C(=O)N1CC=C. The number of nitrogens with zero attached hydrogens (tertiary/aromatic N) is 3. The molecule has 2 unspecified atom stereocenters. The average Bonchev–Trinajstić information content (AvgIpc) is 3.22. The molecule has 1 fully saturated rings. The third-order valence-corrected chi connectivity index (χ3v) is 5.39. The molecule has 3 rings (SSSR count). The Labute approximate surface area is 169 Å². The lowest BCUT2D eigenvalue weighted by molar-refractivity contribution is 0.122. The molecule has 1 saturated heterocycles. The van der Waals surface area contributed by atoms with Crippen molar-refractivity contribution < 1.29 is 14.4 Å². The highest BCUT2D eigenvalue weighted by Crippen LogP contribution is 2.36. The summed E-state index contributed by atoms with van der Waals surface area (Å²) in [6.07, 6.45) is 2.69. The number of carbonyl (C=O) groups excluding carboxylic acids is 1. The first-order valence-corrected chi connectivity index (χ1v) is 9.42. The van der Waals surface area contributed by atoms with Gasteiger partial charge in [-0.05, 0) is 24.1 Å². The molecule has 148 valence electrons. The molecule has 1 aromatic heterocycles. The molecule has 1 N–H and O–H groups in total. The molecule has 0 saturated carbocycles. The van der Waals surface area contributed by atoms with Gasteiger partial charge in [0.25, 0.3) is 0 Å². The molecule has 2 atom stereocenters. The minimum atomic E-state index is -1.06. The van der Waals surface area contributed by atoms with Gasteiger partial charge < -0.3 is 14.5 Å². The van der Waals surface area contributed by atoms with E-state index in [1.54, 1.807) is 23.1 Å². The van der Waals surface area contributed by atoms with Crippen molar-refractivity contribution in [1.82, 2.24) is 10.1 Å². The summed E-state index contributed by atoms with van der Waals surface area (Å²) in [5, 5.41) is 15.6. The van der Waals surface area contributed by atoms with E-state index >= 15 is 0 Å². The molecule has 6 nitrogen and oxygen atoms in total. The van der Waals surface area contributed by atoms with Gasteiger partial charge in [0, 0.05) is 23.0 Å². The van der Waals surface area contributed by atoms with Crippen LogP contribution < -0.4 is 4.90 Å². The van der Waals surface area contributed by atoms with Crippen molar-refractivity contribution in [2.75, 3.05) is 11.4 Å². The van der Waals surface area contributed by atoms with Gasteiger partial charge in [0.05, 0.1) is 11.7 Å². The van der Waals surface area contributed by atoms with E-state index < -0.39 is 17.7 Å². The first kappa shape index (κ1) is 20.2. The largest absolute Gasteiger partial charge is 0.371 e. The fourth-order valence-electron chi connectivity index (χ4n) is 3.41. The molecule has 1 aliphatic heterocycles. The lowest BCUT2D eigenvalue weighted by atomic mass is 9.81. The Morgan fingerprint density at radius 2 is 1.96 bits per heavy atom. The second kappa shape index (κ2) is 7.81. The quantitative estimate of drug-likeness (QED) is 0.700. The number of aliphatic hydroxyl groups is 1. The van der Waals surface area contributed by atoms with Crippen LogP contribution in [0.25, 0.3) is 0 Å². The monoisotopic (exact) mass is 401 g/mol. The number of hydrogen-bond acceptors (Lipinski definition) is 4. The first-order valence-electron chi connectivity index (χ1n) is 9.04. The molecule has 7 heteroatoms. The number of urea groups is 1. The Balaban J connectivity index is 1.92. The van der Waals surface area contributed by atoms with Crippen LogP contribution in [-0.2, 0) is 5.41 Å². The second-order valence-corrected chi connectivity index (χ2v) is 7.72. The molecule has 2 heterocycles. The van der Waals surface area contributed by atoms with E-state index in [1.165, 1.54) is 4.90 Å². The number of carbonyl (C=O) groups is 1. The summed E-state index contributed by atoms with van der Waals surface area (Å²) in [6.45, 7) is 11.7. The zero-order valence-corrected chi connectivity index (χ0v) is 16.8.